The second-order valence-electron chi connectivity index (χ2n) is 12.0. The Labute approximate surface area is 329 Å². The van der Waals surface area contributed by atoms with Gasteiger partial charge in [0.15, 0.2) is 29.2 Å². The average molecular weight is 826 g/mol. The molecule has 8 atom stereocenters. The van der Waals surface area contributed by atoms with Gasteiger partial charge >= 0.3 is 43.1 Å². The number of aliphatic hydroxyl groups excluding tert-OH is 5. The molecule has 5 heterocycles. The van der Waals surface area contributed by atoms with Crippen molar-refractivity contribution in [3.05, 3.63) is 56.8 Å². The predicted octanol–water partition coefficient (Wildman–Crippen LogP) is -7.10. The molecule has 0 bridgehead atoms. The molecular formula is C27H34N9NaO16P2. The number of fused-ring (bicyclic) bond motifs is 3. The Balaban J connectivity index is 0.000000250. The third-order valence-electron chi connectivity index (χ3n) is 8.20. The van der Waals surface area contributed by atoms with E-state index in [1.54, 1.807) is 12.1 Å². The van der Waals surface area contributed by atoms with E-state index in [1.807, 2.05) is 18.8 Å². The average Bonchev–Trinajstić information content (AvgIpc) is 3.63. The molecule has 25 nitrogen and oxygen atoms in total. The van der Waals surface area contributed by atoms with Gasteiger partial charge in [0, 0.05) is 0 Å². The number of hydrogen-bond acceptors (Lipinski definition) is 19. The molecule has 1 aromatic carbocycles. The van der Waals surface area contributed by atoms with Crippen LogP contribution in [0.3, 0.4) is 0 Å². The van der Waals surface area contributed by atoms with E-state index in [2.05, 4.69) is 34.0 Å². The number of nitrogen functional groups attached to an aromatic ring is 1. The first-order valence-electron chi connectivity index (χ1n) is 15.4. The van der Waals surface area contributed by atoms with Gasteiger partial charge < -0.3 is 64.7 Å². The third-order valence-corrected chi connectivity index (χ3v) is 9.16. The maximum absolute atomic E-state index is 12.2. The molecule has 1 fully saturated rings. The van der Waals surface area contributed by atoms with E-state index in [9.17, 15) is 49.1 Å². The Kier molecular flexibility index (Phi) is 14.2. The van der Waals surface area contributed by atoms with E-state index in [4.69, 9.17) is 25.2 Å². The molecule has 28 heteroatoms. The Bertz CT molecular complexity index is 2330. The Morgan fingerprint density at radius 2 is 1.67 bits per heavy atom. The van der Waals surface area contributed by atoms with Gasteiger partial charge in [-0.3, -0.25) is 23.4 Å². The molecule has 294 valence electrons. The number of aromatic nitrogens is 8. The van der Waals surface area contributed by atoms with E-state index in [0.29, 0.717) is 16.6 Å². The van der Waals surface area contributed by atoms with Crippen LogP contribution in [-0.4, -0.2) is 129 Å². The fraction of sp³-hybridized carbons (Fsp3) is 0.444. The van der Waals surface area contributed by atoms with E-state index in [1.165, 1.54) is 21.8 Å². The van der Waals surface area contributed by atoms with Crippen molar-refractivity contribution in [1.82, 2.24) is 39.0 Å². The number of aryl methyl sites for hydroxylation is 2. The van der Waals surface area contributed by atoms with Crippen LogP contribution in [0, 0.1) is 13.8 Å². The normalized spacial score (nSPS) is 21.4. The number of aromatic amines is 1. The molecule has 55 heavy (non-hydrogen) atoms. The topological polar surface area (TPSA) is 397 Å². The van der Waals surface area contributed by atoms with Crippen LogP contribution in [0.15, 0.2) is 34.4 Å². The summed E-state index contributed by atoms with van der Waals surface area (Å²) in [5.41, 5.74) is 6.81. The van der Waals surface area contributed by atoms with Crippen molar-refractivity contribution in [1.29, 1.82) is 0 Å². The number of hydrogen-bond donors (Lipinski definition) is 10. The molecule has 0 spiro atoms. The Morgan fingerprint density at radius 3 is 2.33 bits per heavy atom. The molecule has 6 rings (SSSR count). The van der Waals surface area contributed by atoms with Gasteiger partial charge in [-0.25, -0.2) is 29.3 Å². The fourth-order valence-corrected chi connectivity index (χ4v) is 6.06. The van der Waals surface area contributed by atoms with Crippen molar-refractivity contribution < 1.29 is 97.6 Å². The molecule has 3 aliphatic rings. The summed E-state index contributed by atoms with van der Waals surface area (Å²) in [5.74, 6) is -0.0101. The van der Waals surface area contributed by atoms with Gasteiger partial charge in [0.2, 0.25) is 0 Å². The molecule has 2 aromatic heterocycles. The zero-order valence-electron chi connectivity index (χ0n) is 28.9. The fourth-order valence-electron chi connectivity index (χ4n) is 5.38. The number of anilines is 1. The van der Waals surface area contributed by atoms with Gasteiger partial charge in [0.05, 0.1) is 37.1 Å². The Morgan fingerprint density at radius 1 is 1.00 bits per heavy atom. The number of phosphoric ester groups is 2. The van der Waals surface area contributed by atoms with Crippen molar-refractivity contribution in [2.75, 3.05) is 18.9 Å². The van der Waals surface area contributed by atoms with Crippen LogP contribution < -0.4 is 51.4 Å². The molecule has 1 saturated heterocycles. The van der Waals surface area contributed by atoms with Crippen molar-refractivity contribution in [3.8, 4) is 11.5 Å². The van der Waals surface area contributed by atoms with Crippen molar-refractivity contribution in [2.45, 2.75) is 63.2 Å². The van der Waals surface area contributed by atoms with Gasteiger partial charge in [0.1, 0.15) is 48.5 Å². The van der Waals surface area contributed by atoms with E-state index in [-0.39, 0.29) is 52.5 Å². The number of nitrogens with one attached hydrogen (secondary N) is 1. The maximum Gasteiger partial charge on any atom is 1.00 e. The zero-order chi connectivity index (χ0) is 39.9. The van der Waals surface area contributed by atoms with Crippen LogP contribution in [0.4, 0.5) is 5.82 Å². The summed E-state index contributed by atoms with van der Waals surface area (Å²) in [6.45, 7) is 1.61. The van der Waals surface area contributed by atoms with E-state index < -0.39 is 89.5 Å². The zero-order valence-corrected chi connectivity index (χ0v) is 32.7. The van der Waals surface area contributed by atoms with E-state index >= 15 is 0 Å². The summed E-state index contributed by atoms with van der Waals surface area (Å²) >= 11 is 0. The van der Waals surface area contributed by atoms with E-state index in [0.717, 1.165) is 11.1 Å². The number of benzene rings is 1. The molecule has 0 aliphatic carbocycles. The van der Waals surface area contributed by atoms with Crippen LogP contribution in [0.5, 0.6) is 0 Å². The minimum Gasteiger partial charge on any atom is -0.756 e. The van der Waals surface area contributed by atoms with Crippen molar-refractivity contribution >= 4 is 43.7 Å². The summed E-state index contributed by atoms with van der Waals surface area (Å²) in [6, 6.07) is 3.40. The first-order valence-corrected chi connectivity index (χ1v) is 18.5. The second kappa shape index (κ2) is 17.5. The van der Waals surface area contributed by atoms with Crippen LogP contribution in [-0.2, 0) is 29.5 Å². The third kappa shape index (κ3) is 10.4. The maximum atomic E-state index is 12.2. The summed E-state index contributed by atoms with van der Waals surface area (Å²) in [4.78, 5) is 82.5. The van der Waals surface area contributed by atoms with Crippen LogP contribution in [0.2, 0.25) is 0 Å². The second-order valence-corrected chi connectivity index (χ2v) is 14.4. The summed E-state index contributed by atoms with van der Waals surface area (Å²) < 4.78 is 37.8. The first-order chi connectivity index (χ1) is 25.1. The summed E-state index contributed by atoms with van der Waals surface area (Å²) in [7, 11) is -9.86. The molecule has 3 aliphatic heterocycles. The van der Waals surface area contributed by atoms with Gasteiger partial charge in [-0.1, -0.05) is 0 Å². The standard InChI is InChI=1S/C17H21N4O9P.C10H14N5O7P.Na/c1-7-3-9-10(4-8(7)2)21(15-13(18-9)16(25)20-17(26)19-15)5-11(22)14(24)12(23)6-30-31(27,28)29;11-8-5-9(13-2-12-8)15(3-14-5)10-7(17)6(16)4(22-10)1-21-23(18,19)20;/h3-4,11-12,14,22-24H,5-6H2,1-2H3,(H,20,25,26)(H2,27,28,29);2-4,6-7,10,16-17H,1H2,(H2,11,12,13)(H2,18,19,20);/q;;+1/p-1/t11-,12+,14-;4-,6-,7-,10-;/m01./s1. The van der Waals surface area contributed by atoms with Gasteiger partial charge in [-0.05, 0) is 37.1 Å². The van der Waals surface area contributed by atoms with Crippen LogP contribution >= 0.6 is 15.6 Å². The number of aliphatic hydroxyl groups is 5. The quantitative estimate of drug-likeness (QED) is 0.0336. The van der Waals surface area contributed by atoms with Crippen molar-refractivity contribution in [3.63, 3.8) is 0 Å². The smallest absolute Gasteiger partial charge is 0.756 e. The Hall–Kier alpha value is -3.17. The predicted molar refractivity (Wildman–Crippen MR) is 178 cm³/mol. The number of rotatable bonds is 11. The number of ether oxygens (including phenoxy) is 1. The number of nitrogens with two attached hydrogens (primary N) is 1. The number of H-pyrrole nitrogens is 1. The number of phosphoric acid groups is 2. The molecule has 0 radical (unpaired) electrons. The summed E-state index contributed by atoms with van der Waals surface area (Å²) in [6.07, 6.45) is -7.98. The minimum absolute atomic E-state index is 0. The largest absolute Gasteiger partial charge is 1.00 e. The van der Waals surface area contributed by atoms with Crippen molar-refractivity contribution in [2.24, 2.45) is 0 Å². The van der Waals surface area contributed by atoms with Gasteiger partial charge in [-0.15, -0.1) is 0 Å². The molecule has 1 unspecified atom stereocenters. The molecule has 0 amide bonds. The first kappa shape index (κ1) is 44.5. The number of imidazole rings is 1. The molecule has 0 saturated carbocycles. The summed E-state index contributed by atoms with van der Waals surface area (Å²) in [5, 5.41) is 50.5. The molecule has 3 aromatic rings. The van der Waals surface area contributed by atoms with Gasteiger partial charge in [-0.2, -0.15) is 4.98 Å². The number of nitrogens with zero attached hydrogens (tertiary/aromatic N) is 7. The monoisotopic (exact) mass is 825 g/mol. The minimum atomic E-state index is -5.14. The van der Waals surface area contributed by atoms with Gasteiger partial charge in [0.25, 0.3) is 13.4 Å². The van der Waals surface area contributed by atoms with Crippen LogP contribution in [0.25, 0.3) is 33.7 Å². The molecular weight excluding hydrogens is 791 g/mol. The van der Waals surface area contributed by atoms with Crippen LogP contribution in [0.1, 0.15) is 17.4 Å². The molecule has 11 N–H and O–H groups in total. The SMILES string of the molecule is Cc1cc2nc3c(=O)[nH]c(=O)nc-3n(C[C@H](O)[C@H](O)[C@H](O)COP(=O)([O-])O)c2cc1C.Nc1ncnc2c1ncn2[C@@H]1O[C@H](COP(=O)(O)O)[C@@H](O)[C@H]1O.[Na+].